The normalized spacial score (nSPS) is 14.1. The van der Waals surface area contributed by atoms with Gasteiger partial charge in [-0.1, -0.05) is 30.3 Å². The Morgan fingerprint density at radius 3 is 2.57 bits per heavy atom. The van der Waals surface area contributed by atoms with Crippen LogP contribution in [0.1, 0.15) is 30.4 Å². The van der Waals surface area contributed by atoms with Gasteiger partial charge in [0, 0.05) is 17.8 Å². The van der Waals surface area contributed by atoms with Crippen LogP contribution in [-0.2, 0) is 17.8 Å². The average molecular weight is 310 g/mol. The number of para-hydroxylation sites is 1. The third-order valence-electron chi connectivity index (χ3n) is 4.14. The largest absolute Gasteiger partial charge is 0.490 e. The molecule has 1 fully saturated rings. The lowest BCUT2D eigenvalue weighted by Crippen LogP contribution is -2.27. The van der Waals surface area contributed by atoms with Gasteiger partial charge in [-0.05, 0) is 43.0 Å². The number of hydrogen-bond donors (Lipinski definition) is 2. The summed E-state index contributed by atoms with van der Waals surface area (Å²) in [4.78, 5) is 12.1. The molecule has 2 aromatic carbocycles. The lowest BCUT2D eigenvalue weighted by Gasteiger charge is -2.27. The zero-order valence-electron chi connectivity index (χ0n) is 13.1. The Hall–Kier alpha value is -2.49. The molecule has 2 aromatic rings. The van der Waals surface area contributed by atoms with E-state index < -0.39 is 0 Å². The van der Waals surface area contributed by atoms with Gasteiger partial charge < -0.3 is 15.8 Å². The number of anilines is 1. The van der Waals surface area contributed by atoms with Gasteiger partial charge >= 0.3 is 0 Å². The Morgan fingerprint density at radius 2 is 1.87 bits per heavy atom. The van der Waals surface area contributed by atoms with Crippen LogP contribution in [0.3, 0.4) is 0 Å². The highest BCUT2D eigenvalue weighted by Gasteiger charge is 2.20. The molecule has 1 aliphatic carbocycles. The Morgan fingerprint density at radius 1 is 1.13 bits per heavy atom. The van der Waals surface area contributed by atoms with E-state index in [1.54, 1.807) is 0 Å². The highest BCUT2D eigenvalue weighted by Crippen LogP contribution is 2.27. The second kappa shape index (κ2) is 7.18. The van der Waals surface area contributed by atoms with Crippen molar-refractivity contribution in [2.24, 2.45) is 0 Å². The minimum Gasteiger partial charge on any atom is -0.490 e. The summed E-state index contributed by atoms with van der Waals surface area (Å²) in [6, 6.07) is 15.3. The van der Waals surface area contributed by atoms with Gasteiger partial charge in [0.15, 0.2) is 0 Å². The highest BCUT2D eigenvalue weighted by molar-refractivity contribution is 5.78. The van der Waals surface area contributed by atoms with Crippen molar-refractivity contribution in [2.75, 3.05) is 5.73 Å². The lowest BCUT2D eigenvalue weighted by molar-refractivity contribution is -0.120. The average Bonchev–Trinajstić information content (AvgIpc) is 2.52. The molecule has 0 spiro atoms. The van der Waals surface area contributed by atoms with Crippen LogP contribution < -0.4 is 15.8 Å². The third-order valence-corrected chi connectivity index (χ3v) is 4.14. The lowest BCUT2D eigenvalue weighted by atomic mass is 9.96. The van der Waals surface area contributed by atoms with Gasteiger partial charge in [0.1, 0.15) is 5.75 Å². The van der Waals surface area contributed by atoms with Crippen LogP contribution in [0.5, 0.6) is 5.75 Å². The fraction of sp³-hybridized carbons (Fsp3) is 0.316. The number of carbonyl (C=O) groups is 1. The zero-order valence-corrected chi connectivity index (χ0v) is 13.1. The van der Waals surface area contributed by atoms with E-state index in [1.807, 2.05) is 48.5 Å². The third kappa shape index (κ3) is 4.25. The van der Waals surface area contributed by atoms with Crippen LogP contribution in [0.2, 0.25) is 0 Å². The van der Waals surface area contributed by atoms with E-state index in [0.29, 0.717) is 24.8 Å². The van der Waals surface area contributed by atoms with E-state index in [9.17, 15) is 4.79 Å². The van der Waals surface area contributed by atoms with Gasteiger partial charge in [-0.2, -0.15) is 0 Å². The number of benzene rings is 2. The molecule has 0 aliphatic heterocycles. The van der Waals surface area contributed by atoms with E-state index in [2.05, 4.69) is 5.32 Å². The van der Waals surface area contributed by atoms with Gasteiger partial charge in [-0.25, -0.2) is 0 Å². The maximum atomic E-state index is 12.1. The molecule has 0 bridgehead atoms. The van der Waals surface area contributed by atoms with Crippen LogP contribution in [0.25, 0.3) is 0 Å². The molecule has 3 rings (SSSR count). The summed E-state index contributed by atoms with van der Waals surface area (Å²) in [7, 11) is 0. The van der Waals surface area contributed by atoms with Crippen molar-refractivity contribution < 1.29 is 9.53 Å². The first-order chi connectivity index (χ1) is 11.2. The second-order valence-electron chi connectivity index (χ2n) is 5.97. The predicted molar refractivity (Wildman–Crippen MR) is 91.1 cm³/mol. The molecular weight excluding hydrogens is 288 g/mol. The number of carbonyl (C=O) groups excluding carboxylic acids is 1. The molecule has 3 N–H and O–H groups in total. The number of ether oxygens (including phenoxy) is 1. The number of nitrogen functional groups attached to an aromatic ring is 1. The van der Waals surface area contributed by atoms with Crippen LogP contribution in [0.4, 0.5) is 5.69 Å². The van der Waals surface area contributed by atoms with E-state index in [4.69, 9.17) is 10.5 Å². The SMILES string of the molecule is Nc1ccc(CC(=O)NCc2ccccc2OC2CCC2)cc1. The summed E-state index contributed by atoms with van der Waals surface area (Å²) in [6.07, 6.45) is 4.17. The van der Waals surface area contributed by atoms with E-state index in [0.717, 1.165) is 29.7 Å². The molecule has 120 valence electrons. The summed E-state index contributed by atoms with van der Waals surface area (Å²) in [5, 5.41) is 2.96. The molecule has 1 saturated carbocycles. The topological polar surface area (TPSA) is 64.4 Å². The van der Waals surface area contributed by atoms with E-state index in [1.165, 1.54) is 6.42 Å². The van der Waals surface area contributed by atoms with Crippen LogP contribution in [0.15, 0.2) is 48.5 Å². The van der Waals surface area contributed by atoms with Gasteiger partial charge in [0.25, 0.3) is 0 Å². The summed E-state index contributed by atoms with van der Waals surface area (Å²) in [6.45, 7) is 0.483. The van der Waals surface area contributed by atoms with Crippen LogP contribution >= 0.6 is 0 Å². The predicted octanol–water partition coefficient (Wildman–Crippen LogP) is 3.06. The molecule has 4 nitrogen and oxygen atoms in total. The molecular formula is C19H22N2O2. The molecule has 0 unspecified atom stereocenters. The minimum atomic E-state index is -0.00628. The monoisotopic (exact) mass is 310 g/mol. The first-order valence-electron chi connectivity index (χ1n) is 8.06. The molecule has 1 aliphatic rings. The standard InChI is InChI=1S/C19H22N2O2/c20-16-10-8-14(9-11-16)12-19(22)21-13-15-4-1-2-7-18(15)23-17-5-3-6-17/h1-2,4,7-11,17H,3,5-6,12-13,20H2,(H,21,22). The summed E-state index contributed by atoms with van der Waals surface area (Å²) >= 11 is 0. The zero-order chi connectivity index (χ0) is 16.1. The van der Waals surface area contributed by atoms with Gasteiger partial charge in [-0.3, -0.25) is 4.79 Å². The fourth-order valence-electron chi connectivity index (χ4n) is 2.51. The first kappa shape index (κ1) is 15.4. The Kier molecular flexibility index (Phi) is 4.81. The summed E-state index contributed by atoms with van der Waals surface area (Å²) < 4.78 is 5.98. The maximum Gasteiger partial charge on any atom is 0.224 e. The number of hydrogen-bond acceptors (Lipinski definition) is 3. The number of nitrogens with one attached hydrogen (secondary N) is 1. The van der Waals surface area contributed by atoms with Crippen LogP contribution in [0, 0.1) is 0 Å². The van der Waals surface area contributed by atoms with Crippen molar-refractivity contribution in [3.05, 3.63) is 59.7 Å². The van der Waals surface area contributed by atoms with Crippen molar-refractivity contribution in [3.8, 4) is 5.75 Å². The first-order valence-corrected chi connectivity index (χ1v) is 8.06. The van der Waals surface area contributed by atoms with Crippen molar-refractivity contribution in [1.82, 2.24) is 5.32 Å². The second-order valence-corrected chi connectivity index (χ2v) is 5.97. The minimum absolute atomic E-state index is 0.00628. The van der Waals surface area contributed by atoms with Crippen molar-refractivity contribution in [2.45, 2.75) is 38.3 Å². The molecule has 23 heavy (non-hydrogen) atoms. The van der Waals surface area contributed by atoms with Gasteiger partial charge in [0.2, 0.25) is 5.91 Å². The van der Waals surface area contributed by atoms with Crippen molar-refractivity contribution in [1.29, 1.82) is 0 Å². The maximum absolute atomic E-state index is 12.1. The molecule has 1 amide bonds. The number of rotatable bonds is 6. The Labute approximate surface area is 136 Å². The number of amides is 1. The van der Waals surface area contributed by atoms with E-state index >= 15 is 0 Å². The molecule has 4 heteroatoms. The Bertz CT molecular complexity index is 663. The molecule has 0 aromatic heterocycles. The summed E-state index contributed by atoms with van der Waals surface area (Å²) in [5.41, 5.74) is 8.33. The summed E-state index contributed by atoms with van der Waals surface area (Å²) in [5.74, 6) is 0.873. The van der Waals surface area contributed by atoms with Gasteiger partial charge in [-0.15, -0.1) is 0 Å². The van der Waals surface area contributed by atoms with Crippen molar-refractivity contribution in [3.63, 3.8) is 0 Å². The van der Waals surface area contributed by atoms with E-state index in [-0.39, 0.29) is 5.91 Å². The fourth-order valence-corrected chi connectivity index (χ4v) is 2.51. The highest BCUT2D eigenvalue weighted by atomic mass is 16.5. The molecule has 0 radical (unpaired) electrons. The quantitative estimate of drug-likeness (QED) is 0.806. The Balaban J connectivity index is 1.55. The smallest absolute Gasteiger partial charge is 0.224 e. The van der Waals surface area contributed by atoms with Gasteiger partial charge in [0.05, 0.1) is 12.5 Å². The van der Waals surface area contributed by atoms with Crippen LogP contribution in [-0.4, -0.2) is 12.0 Å². The molecule has 0 atom stereocenters. The number of nitrogens with two attached hydrogens (primary N) is 1. The molecule has 0 heterocycles. The molecule has 0 saturated heterocycles. The van der Waals surface area contributed by atoms with Crippen molar-refractivity contribution >= 4 is 11.6 Å².